The quantitative estimate of drug-likeness (QED) is 0.717. The molecule has 1 aromatic heterocycles. The van der Waals surface area contributed by atoms with Gasteiger partial charge in [-0.15, -0.1) is 0 Å². The Hall–Kier alpha value is -2.75. The number of aryl methyl sites for hydroxylation is 2. The highest BCUT2D eigenvalue weighted by Crippen LogP contribution is 2.32. The molecule has 24 heavy (non-hydrogen) atoms. The molecule has 3 rings (SSSR count). The van der Waals surface area contributed by atoms with Crippen LogP contribution in [0.3, 0.4) is 0 Å². The van der Waals surface area contributed by atoms with Gasteiger partial charge in [0, 0.05) is 18.0 Å². The molecule has 0 atom stereocenters. The summed E-state index contributed by atoms with van der Waals surface area (Å²) in [6.45, 7) is 7.26. The second-order valence-electron chi connectivity index (χ2n) is 5.75. The van der Waals surface area contributed by atoms with E-state index in [1.54, 1.807) is 12.4 Å². The van der Waals surface area contributed by atoms with E-state index in [4.69, 9.17) is 9.47 Å². The first-order valence-electron chi connectivity index (χ1n) is 8.13. The number of hydrogen-bond acceptors (Lipinski definition) is 3. The predicted octanol–water partition coefficient (Wildman–Crippen LogP) is 4.67. The standard InChI is InChI=1S/C20H22N2O2/c1-4-23-19-12-16(20-21-9-10-22-20)7-8-18(19)24-13-17-11-14(2)5-6-15(17)3/h5-12H,4,13H2,1-3H3,(H,21,22). The van der Waals surface area contributed by atoms with Crippen LogP contribution in [0.2, 0.25) is 0 Å². The van der Waals surface area contributed by atoms with Crippen molar-refractivity contribution in [2.45, 2.75) is 27.4 Å². The predicted molar refractivity (Wildman–Crippen MR) is 95.4 cm³/mol. The van der Waals surface area contributed by atoms with Crippen LogP contribution in [-0.2, 0) is 6.61 Å². The fourth-order valence-electron chi connectivity index (χ4n) is 2.58. The smallest absolute Gasteiger partial charge is 0.161 e. The van der Waals surface area contributed by atoms with Crippen LogP contribution in [-0.4, -0.2) is 16.6 Å². The van der Waals surface area contributed by atoms with Crippen molar-refractivity contribution in [3.63, 3.8) is 0 Å². The molecule has 0 bridgehead atoms. The highest BCUT2D eigenvalue weighted by atomic mass is 16.5. The number of aromatic amines is 1. The molecule has 1 N–H and O–H groups in total. The summed E-state index contributed by atoms with van der Waals surface area (Å²) in [4.78, 5) is 7.39. The summed E-state index contributed by atoms with van der Waals surface area (Å²) >= 11 is 0. The van der Waals surface area contributed by atoms with Gasteiger partial charge in [0.1, 0.15) is 12.4 Å². The van der Waals surface area contributed by atoms with E-state index >= 15 is 0 Å². The molecule has 124 valence electrons. The Morgan fingerprint density at radius 3 is 2.62 bits per heavy atom. The number of imidazole rings is 1. The van der Waals surface area contributed by atoms with Crippen molar-refractivity contribution in [3.05, 3.63) is 65.5 Å². The lowest BCUT2D eigenvalue weighted by Gasteiger charge is -2.14. The molecule has 4 nitrogen and oxygen atoms in total. The molecule has 0 aliphatic carbocycles. The largest absolute Gasteiger partial charge is 0.490 e. The maximum absolute atomic E-state index is 6.03. The third-order valence-corrected chi connectivity index (χ3v) is 3.90. The summed E-state index contributed by atoms with van der Waals surface area (Å²) in [5, 5.41) is 0. The van der Waals surface area contributed by atoms with Crippen molar-refractivity contribution < 1.29 is 9.47 Å². The van der Waals surface area contributed by atoms with Crippen LogP contribution in [0.5, 0.6) is 11.5 Å². The SMILES string of the molecule is CCOc1cc(-c2ncc[nH]2)ccc1OCc1cc(C)ccc1C. The summed E-state index contributed by atoms with van der Waals surface area (Å²) in [5.41, 5.74) is 4.62. The molecular formula is C20H22N2O2. The minimum absolute atomic E-state index is 0.522. The molecule has 1 heterocycles. The van der Waals surface area contributed by atoms with Crippen LogP contribution in [0.25, 0.3) is 11.4 Å². The molecule has 0 radical (unpaired) electrons. The number of ether oxygens (including phenoxy) is 2. The van der Waals surface area contributed by atoms with E-state index in [9.17, 15) is 0 Å². The third-order valence-electron chi connectivity index (χ3n) is 3.90. The first kappa shape index (κ1) is 16.1. The van der Waals surface area contributed by atoms with Gasteiger partial charge in [-0.25, -0.2) is 4.98 Å². The first-order chi connectivity index (χ1) is 11.7. The average Bonchev–Trinajstić information content (AvgIpc) is 3.11. The molecule has 4 heteroatoms. The number of nitrogens with zero attached hydrogens (tertiary/aromatic N) is 1. The fraction of sp³-hybridized carbons (Fsp3) is 0.250. The van der Waals surface area contributed by atoms with Crippen molar-refractivity contribution in [3.8, 4) is 22.9 Å². The molecular weight excluding hydrogens is 300 g/mol. The molecule has 0 saturated carbocycles. The summed E-state index contributed by atoms with van der Waals surface area (Å²) in [5.74, 6) is 2.29. The van der Waals surface area contributed by atoms with Crippen LogP contribution in [0.1, 0.15) is 23.6 Å². The Labute approximate surface area is 142 Å². The maximum Gasteiger partial charge on any atom is 0.161 e. The van der Waals surface area contributed by atoms with E-state index in [0.29, 0.717) is 13.2 Å². The van der Waals surface area contributed by atoms with Crippen molar-refractivity contribution in [1.29, 1.82) is 0 Å². The zero-order chi connectivity index (χ0) is 16.9. The summed E-state index contributed by atoms with van der Waals surface area (Å²) < 4.78 is 11.8. The monoisotopic (exact) mass is 322 g/mol. The number of hydrogen-bond donors (Lipinski definition) is 1. The van der Waals surface area contributed by atoms with Gasteiger partial charge in [0.15, 0.2) is 11.5 Å². The average molecular weight is 322 g/mol. The van der Waals surface area contributed by atoms with Gasteiger partial charge in [-0.05, 0) is 50.1 Å². The molecule has 0 aliphatic heterocycles. The maximum atomic E-state index is 6.03. The Kier molecular flexibility index (Phi) is 4.85. The van der Waals surface area contributed by atoms with Gasteiger partial charge >= 0.3 is 0 Å². The Morgan fingerprint density at radius 1 is 1.00 bits per heavy atom. The molecule has 0 aliphatic rings. The summed E-state index contributed by atoms with van der Waals surface area (Å²) in [7, 11) is 0. The van der Waals surface area contributed by atoms with Gasteiger partial charge in [-0.2, -0.15) is 0 Å². The van der Waals surface area contributed by atoms with Crippen molar-refractivity contribution in [1.82, 2.24) is 9.97 Å². The Morgan fingerprint density at radius 2 is 1.88 bits per heavy atom. The second-order valence-corrected chi connectivity index (χ2v) is 5.75. The lowest BCUT2D eigenvalue weighted by Crippen LogP contribution is -2.01. The van der Waals surface area contributed by atoms with E-state index < -0.39 is 0 Å². The molecule has 0 unspecified atom stereocenters. The minimum Gasteiger partial charge on any atom is -0.490 e. The molecule has 2 aromatic carbocycles. The fourth-order valence-corrected chi connectivity index (χ4v) is 2.58. The molecule has 0 spiro atoms. The lowest BCUT2D eigenvalue weighted by atomic mass is 10.1. The second kappa shape index (κ2) is 7.21. The van der Waals surface area contributed by atoms with Gasteiger partial charge in [-0.3, -0.25) is 0 Å². The van der Waals surface area contributed by atoms with E-state index in [2.05, 4.69) is 42.0 Å². The van der Waals surface area contributed by atoms with E-state index in [0.717, 1.165) is 22.9 Å². The van der Waals surface area contributed by atoms with Crippen LogP contribution in [0, 0.1) is 13.8 Å². The van der Waals surface area contributed by atoms with Crippen LogP contribution >= 0.6 is 0 Å². The van der Waals surface area contributed by atoms with Gasteiger partial charge in [-0.1, -0.05) is 23.8 Å². The number of aromatic nitrogens is 2. The van der Waals surface area contributed by atoms with Gasteiger partial charge in [0.2, 0.25) is 0 Å². The molecule has 0 fully saturated rings. The number of rotatable bonds is 6. The molecule has 0 amide bonds. The summed E-state index contributed by atoms with van der Waals surface area (Å²) in [6.07, 6.45) is 3.54. The third kappa shape index (κ3) is 3.59. The first-order valence-corrected chi connectivity index (χ1v) is 8.13. The lowest BCUT2D eigenvalue weighted by molar-refractivity contribution is 0.269. The summed E-state index contributed by atoms with van der Waals surface area (Å²) in [6, 6.07) is 12.3. The number of H-pyrrole nitrogens is 1. The van der Waals surface area contributed by atoms with Crippen molar-refractivity contribution in [2.75, 3.05) is 6.61 Å². The highest BCUT2D eigenvalue weighted by Gasteiger charge is 2.10. The molecule has 0 saturated heterocycles. The minimum atomic E-state index is 0.522. The van der Waals surface area contributed by atoms with Crippen LogP contribution in [0.15, 0.2) is 48.8 Å². The Balaban J connectivity index is 1.83. The number of nitrogens with one attached hydrogen (secondary N) is 1. The highest BCUT2D eigenvalue weighted by molar-refractivity contribution is 5.61. The van der Waals surface area contributed by atoms with Crippen LogP contribution in [0.4, 0.5) is 0 Å². The van der Waals surface area contributed by atoms with E-state index in [1.807, 2.05) is 25.1 Å². The Bertz CT molecular complexity index is 811. The van der Waals surface area contributed by atoms with Gasteiger partial charge in [0.25, 0.3) is 0 Å². The van der Waals surface area contributed by atoms with Crippen molar-refractivity contribution in [2.24, 2.45) is 0 Å². The zero-order valence-corrected chi connectivity index (χ0v) is 14.3. The number of benzene rings is 2. The zero-order valence-electron chi connectivity index (χ0n) is 14.3. The van der Waals surface area contributed by atoms with Crippen LogP contribution < -0.4 is 9.47 Å². The normalized spacial score (nSPS) is 10.6. The van der Waals surface area contributed by atoms with Gasteiger partial charge < -0.3 is 14.5 Å². The van der Waals surface area contributed by atoms with E-state index in [1.165, 1.54) is 16.7 Å². The molecule has 3 aromatic rings. The van der Waals surface area contributed by atoms with E-state index in [-0.39, 0.29) is 0 Å². The van der Waals surface area contributed by atoms with Gasteiger partial charge in [0.05, 0.1) is 6.61 Å². The topological polar surface area (TPSA) is 47.1 Å². The van der Waals surface area contributed by atoms with Crippen molar-refractivity contribution >= 4 is 0 Å².